The van der Waals surface area contributed by atoms with Crippen LogP contribution in [-0.4, -0.2) is 34.3 Å². The number of aromatic nitrogens is 4. The molecule has 0 atom stereocenters. The van der Waals surface area contributed by atoms with Crippen LogP contribution in [0, 0.1) is 6.92 Å². The lowest BCUT2D eigenvalue weighted by molar-refractivity contribution is 0.597. The Hall–Kier alpha value is -4.50. The fourth-order valence-electron chi connectivity index (χ4n) is 4.16. The number of para-hydroxylation sites is 3. The summed E-state index contributed by atoms with van der Waals surface area (Å²) in [6.07, 6.45) is 3.47. The first-order valence-corrected chi connectivity index (χ1v) is 12.4. The van der Waals surface area contributed by atoms with Crippen molar-refractivity contribution in [2.45, 2.75) is 16.7 Å². The quantitative estimate of drug-likeness (QED) is 0.355. The van der Waals surface area contributed by atoms with Gasteiger partial charge in [0.1, 0.15) is 16.2 Å². The van der Waals surface area contributed by atoms with Gasteiger partial charge in [-0.05, 0) is 37.3 Å². The molecule has 3 aromatic carbocycles. The van der Waals surface area contributed by atoms with E-state index in [1.54, 1.807) is 36.5 Å². The predicted octanol–water partition coefficient (Wildman–Crippen LogP) is 4.67. The maximum Gasteiger partial charge on any atom is 0.212 e. The highest BCUT2D eigenvalue weighted by molar-refractivity contribution is 7.92. The molecule has 6 rings (SSSR count). The SMILES string of the molecule is Cc1ccc(S(=O)(=O)c2c(N)n(/N=C\c3c[nH]c4ccccc34)c3nc4ccccc4nc23)cc1. The Bertz CT molecular complexity index is 1880. The van der Waals surface area contributed by atoms with Crippen LogP contribution < -0.4 is 5.73 Å². The van der Waals surface area contributed by atoms with Crippen LogP contribution in [0.1, 0.15) is 11.1 Å². The molecule has 0 spiro atoms. The Labute approximate surface area is 200 Å². The maximum atomic E-state index is 13.7. The lowest BCUT2D eigenvalue weighted by Gasteiger charge is -2.05. The van der Waals surface area contributed by atoms with E-state index in [2.05, 4.69) is 20.1 Å². The number of nitrogens with zero attached hydrogens (tertiary/aromatic N) is 4. The zero-order chi connectivity index (χ0) is 24.2. The highest BCUT2D eigenvalue weighted by Gasteiger charge is 2.30. The summed E-state index contributed by atoms with van der Waals surface area (Å²) in [7, 11) is -4.00. The highest BCUT2D eigenvalue weighted by Crippen LogP contribution is 2.35. The molecule has 0 fully saturated rings. The van der Waals surface area contributed by atoms with Gasteiger partial charge in [-0.2, -0.15) is 9.78 Å². The summed E-state index contributed by atoms with van der Waals surface area (Å²) in [5.74, 6) is -0.0491. The first-order valence-electron chi connectivity index (χ1n) is 10.9. The lowest BCUT2D eigenvalue weighted by Crippen LogP contribution is -2.06. The standard InChI is InChI=1S/C26H20N6O2S/c1-16-10-12-18(13-11-16)35(33,34)24-23-26(31-22-9-5-4-8-21(22)30-23)32(25(24)27)29-15-17-14-28-20-7-3-2-6-19(17)20/h2-15,28H,27H2,1H3/b29-15-. The van der Waals surface area contributed by atoms with Crippen molar-refractivity contribution in [3.63, 3.8) is 0 Å². The van der Waals surface area contributed by atoms with Gasteiger partial charge in [-0.3, -0.25) is 0 Å². The molecule has 0 bridgehead atoms. The minimum absolute atomic E-state index is 0.0491. The summed E-state index contributed by atoms with van der Waals surface area (Å²) in [5.41, 5.74) is 10.8. The molecule has 0 saturated heterocycles. The molecule has 3 aromatic heterocycles. The van der Waals surface area contributed by atoms with E-state index in [0.29, 0.717) is 11.0 Å². The number of rotatable bonds is 4. The minimum Gasteiger partial charge on any atom is -0.382 e. The van der Waals surface area contributed by atoms with Crippen LogP contribution in [0.15, 0.2) is 93.9 Å². The molecule has 0 aliphatic carbocycles. The van der Waals surface area contributed by atoms with Gasteiger partial charge in [-0.15, -0.1) is 0 Å². The predicted molar refractivity (Wildman–Crippen MR) is 137 cm³/mol. The van der Waals surface area contributed by atoms with Crippen LogP contribution in [0.5, 0.6) is 0 Å². The number of hydrogen-bond acceptors (Lipinski definition) is 6. The van der Waals surface area contributed by atoms with Crippen molar-refractivity contribution in [3.05, 3.63) is 90.1 Å². The molecular formula is C26H20N6O2S. The Morgan fingerprint density at radius 2 is 1.63 bits per heavy atom. The maximum absolute atomic E-state index is 13.7. The highest BCUT2D eigenvalue weighted by atomic mass is 32.2. The Morgan fingerprint density at radius 1 is 0.943 bits per heavy atom. The molecule has 35 heavy (non-hydrogen) atoms. The van der Waals surface area contributed by atoms with E-state index in [1.165, 1.54) is 4.68 Å². The summed E-state index contributed by atoms with van der Waals surface area (Å²) in [4.78, 5) is 12.5. The van der Waals surface area contributed by atoms with Crippen LogP contribution in [-0.2, 0) is 9.84 Å². The number of anilines is 1. The second-order valence-electron chi connectivity index (χ2n) is 8.26. The Morgan fingerprint density at radius 3 is 2.40 bits per heavy atom. The van der Waals surface area contributed by atoms with Gasteiger partial charge in [0, 0.05) is 22.7 Å². The van der Waals surface area contributed by atoms with Crippen LogP contribution in [0.2, 0.25) is 0 Å². The summed E-state index contributed by atoms with van der Waals surface area (Å²) < 4.78 is 28.8. The zero-order valence-corrected chi connectivity index (χ0v) is 19.5. The number of sulfone groups is 1. The topological polar surface area (TPSA) is 119 Å². The van der Waals surface area contributed by atoms with Gasteiger partial charge in [0.2, 0.25) is 9.84 Å². The van der Waals surface area contributed by atoms with Gasteiger partial charge >= 0.3 is 0 Å². The summed E-state index contributed by atoms with van der Waals surface area (Å²) in [6, 6.07) is 21.7. The average Bonchev–Trinajstić information content (AvgIpc) is 3.39. The number of H-pyrrole nitrogens is 1. The second kappa shape index (κ2) is 7.78. The number of nitrogens with two attached hydrogens (primary N) is 1. The number of aromatic amines is 1. The number of fused-ring (bicyclic) bond motifs is 3. The van der Waals surface area contributed by atoms with Crippen LogP contribution in [0.4, 0.5) is 5.82 Å². The molecule has 3 N–H and O–H groups in total. The molecule has 0 aliphatic heterocycles. The minimum atomic E-state index is -4.00. The van der Waals surface area contributed by atoms with E-state index < -0.39 is 9.84 Å². The molecule has 0 radical (unpaired) electrons. The summed E-state index contributed by atoms with van der Waals surface area (Å²) >= 11 is 0. The van der Waals surface area contributed by atoms with Crippen molar-refractivity contribution >= 4 is 55.0 Å². The van der Waals surface area contributed by atoms with E-state index in [9.17, 15) is 8.42 Å². The van der Waals surface area contributed by atoms with Gasteiger partial charge in [0.25, 0.3) is 0 Å². The molecule has 0 saturated carbocycles. The van der Waals surface area contributed by atoms with Crippen LogP contribution in [0.25, 0.3) is 33.1 Å². The summed E-state index contributed by atoms with van der Waals surface area (Å²) in [5, 5.41) is 5.54. The van der Waals surface area contributed by atoms with Crippen molar-refractivity contribution < 1.29 is 8.42 Å². The molecule has 6 aromatic rings. The van der Waals surface area contributed by atoms with E-state index in [4.69, 9.17) is 5.73 Å². The monoisotopic (exact) mass is 480 g/mol. The third-order valence-electron chi connectivity index (χ3n) is 5.96. The lowest BCUT2D eigenvalue weighted by atomic mass is 10.2. The average molecular weight is 481 g/mol. The Balaban J connectivity index is 1.62. The van der Waals surface area contributed by atoms with Gasteiger partial charge < -0.3 is 10.7 Å². The van der Waals surface area contributed by atoms with Gasteiger partial charge in [0.15, 0.2) is 5.65 Å². The van der Waals surface area contributed by atoms with Crippen LogP contribution in [0.3, 0.4) is 0 Å². The van der Waals surface area contributed by atoms with Gasteiger partial charge in [0.05, 0.1) is 22.1 Å². The first-order chi connectivity index (χ1) is 16.9. The molecule has 0 amide bonds. The zero-order valence-electron chi connectivity index (χ0n) is 18.7. The van der Waals surface area contributed by atoms with Gasteiger partial charge in [-0.1, -0.05) is 48.0 Å². The third-order valence-corrected chi connectivity index (χ3v) is 7.79. The second-order valence-corrected chi connectivity index (χ2v) is 10.1. The van der Waals surface area contributed by atoms with Crippen molar-refractivity contribution in [1.29, 1.82) is 0 Å². The fraction of sp³-hybridized carbons (Fsp3) is 0.0385. The van der Waals surface area contributed by atoms with Crippen LogP contribution >= 0.6 is 0 Å². The molecule has 0 unspecified atom stereocenters. The van der Waals surface area contributed by atoms with E-state index in [0.717, 1.165) is 22.0 Å². The van der Waals surface area contributed by atoms with E-state index in [-0.39, 0.29) is 26.8 Å². The largest absolute Gasteiger partial charge is 0.382 e. The van der Waals surface area contributed by atoms with Crippen molar-refractivity contribution in [2.75, 3.05) is 5.73 Å². The molecule has 8 nitrogen and oxygen atoms in total. The van der Waals surface area contributed by atoms with E-state index >= 15 is 0 Å². The summed E-state index contributed by atoms with van der Waals surface area (Å²) in [6.45, 7) is 1.90. The van der Waals surface area contributed by atoms with Crippen molar-refractivity contribution in [2.24, 2.45) is 5.10 Å². The number of nitrogen functional groups attached to an aromatic ring is 1. The molecule has 172 valence electrons. The molecule has 9 heteroatoms. The smallest absolute Gasteiger partial charge is 0.212 e. The number of nitrogens with one attached hydrogen (secondary N) is 1. The van der Waals surface area contributed by atoms with Crippen molar-refractivity contribution in [3.8, 4) is 0 Å². The van der Waals surface area contributed by atoms with Gasteiger partial charge in [-0.25, -0.2) is 18.4 Å². The Kier molecular flexibility index (Phi) is 4.68. The van der Waals surface area contributed by atoms with Crippen molar-refractivity contribution in [1.82, 2.24) is 19.6 Å². The normalized spacial score (nSPS) is 12.4. The van der Waals surface area contributed by atoms with E-state index in [1.807, 2.05) is 55.6 Å². The molecular weight excluding hydrogens is 460 g/mol. The molecule has 3 heterocycles. The molecule has 0 aliphatic rings. The number of benzene rings is 3. The third kappa shape index (κ3) is 3.36. The number of hydrogen-bond donors (Lipinski definition) is 2. The first kappa shape index (κ1) is 21.1. The fourth-order valence-corrected chi connectivity index (χ4v) is 5.64. The number of aryl methyl sites for hydroxylation is 1.